The minimum absolute atomic E-state index is 0.0676. The van der Waals surface area contributed by atoms with Gasteiger partial charge in [0.25, 0.3) is 0 Å². The molecule has 87 heavy (non-hydrogen) atoms. The Bertz CT molecular complexity index is 2430. The van der Waals surface area contributed by atoms with Crippen molar-refractivity contribution in [1.82, 2.24) is 44.9 Å². The normalized spacial score (nSPS) is 27.5. The maximum atomic E-state index is 15.3. The molecule has 22 heteroatoms. The summed E-state index contributed by atoms with van der Waals surface area (Å²) >= 11 is 0. The van der Waals surface area contributed by atoms with Gasteiger partial charge in [0.05, 0.1) is 37.1 Å². The number of aliphatic hydroxyl groups is 1. The van der Waals surface area contributed by atoms with Gasteiger partial charge in [-0.2, -0.15) is 0 Å². The number of nitrogens with one attached hydrogen (secondary N) is 2. The predicted molar refractivity (Wildman–Crippen MR) is 337 cm³/mol. The largest absolute Gasteiger partial charge is 0.390 e. The molecule has 2 rings (SSSR count). The molecule has 496 valence electrons. The highest BCUT2D eigenvalue weighted by molar-refractivity contribution is 5.99. The first-order valence-corrected chi connectivity index (χ1v) is 31.9. The zero-order valence-electron chi connectivity index (χ0n) is 57.4. The van der Waals surface area contributed by atoms with Crippen LogP contribution < -0.4 is 10.6 Å². The molecule has 0 aliphatic carbocycles. The van der Waals surface area contributed by atoms with E-state index in [0.29, 0.717) is 18.9 Å². The van der Waals surface area contributed by atoms with E-state index in [1.54, 1.807) is 48.5 Å². The SMILES string of the molecule is CC[C@@H]1CC(=O)[C@H]([C@H](O)[C@H](C)CC2=NCCN2)N(C)C(=O)[C@H](C(C)C)N(C)C(=O)[C@H](CC(C)C)N(C)C(=O)[C@H](CC(C)C)N(C)C(=O)[C@@H](C)NC(=O)[C@H](C)CC(=O)[C@H](CC(C)C)N(C)C(=O)[C@H](C(C)C)CC(=O)[C@H](CC(C)C)N(C)C(=O)CN(C)C1=O. The van der Waals surface area contributed by atoms with Gasteiger partial charge < -0.3 is 50.0 Å². The zero-order valence-corrected chi connectivity index (χ0v) is 57.4. The molecular formula is C65H114N10O12. The van der Waals surface area contributed by atoms with Crippen molar-refractivity contribution in [2.75, 3.05) is 69.0 Å². The Hall–Kier alpha value is -5.80. The molecular weight excluding hydrogens is 1110 g/mol. The predicted octanol–water partition coefficient (Wildman–Crippen LogP) is 4.97. The second-order valence-corrected chi connectivity index (χ2v) is 27.7. The topological polar surface area (TPSA) is 267 Å². The molecule has 1 saturated heterocycles. The van der Waals surface area contributed by atoms with Crippen molar-refractivity contribution >= 4 is 70.4 Å². The molecule has 0 aromatic rings. The highest BCUT2D eigenvalue weighted by Crippen LogP contribution is 2.29. The van der Waals surface area contributed by atoms with Gasteiger partial charge >= 0.3 is 0 Å². The lowest BCUT2D eigenvalue weighted by Gasteiger charge is -2.41. The second-order valence-electron chi connectivity index (χ2n) is 27.7. The van der Waals surface area contributed by atoms with Crippen LogP contribution in [0.5, 0.6) is 0 Å². The molecule has 8 amide bonds. The molecule has 3 N–H and O–H groups in total. The number of likely N-dealkylation sites (N-methyl/N-ethyl adjacent to an activating group) is 7. The van der Waals surface area contributed by atoms with Gasteiger partial charge in [-0.1, -0.05) is 104 Å². The van der Waals surface area contributed by atoms with Gasteiger partial charge in [-0.15, -0.1) is 0 Å². The first-order valence-electron chi connectivity index (χ1n) is 31.9. The van der Waals surface area contributed by atoms with Crippen molar-refractivity contribution in [3.8, 4) is 0 Å². The van der Waals surface area contributed by atoms with E-state index >= 15 is 19.2 Å². The monoisotopic (exact) mass is 1230 g/mol. The summed E-state index contributed by atoms with van der Waals surface area (Å²) < 4.78 is 0. The fourth-order valence-electron chi connectivity index (χ4n) is 12.0. The Kier molecular flexibility index (Phi) is 30.9. The summed E-state index contributed by atoms with van der Waals surface area (Å²) in [5, 5.41) is 18.3. The van der Waals surface area contributed by atoms with Crippen molar-refractivity contribution in [3.63, 3.8) is 0 Å². The first-order chi connectivity index (χ1) is 40.2. The highest BCUT2D eigenvalue weighted by atomic mass is 16.3. The highest BCUT2D eigenvalue weighted by Gasteiger charge is 2.46. The molecule has 0 aromatic heterocycles. The fourth-order valence-corrected chi connectivity index (χ4v) is 12.0. The van der Waals surface area contributed by atoms with Crippen molar-refractivity contribution in [2.24, 2.45) is 64.2 Å². The van der Waals surface area contributed by atoms with Crippen LogP contribution in [0.3, 0.4) is 0 Å². The molecule has 2 heterocycles. The number of carbonyl (C=O) groups excluding carboxylic acids is 11. The number of aliphatic hydroxyl groups excluding tert-OH is 1. The number of hydrogen-bond donors (Lipinski definition) is 3. The Morgan fingerprint density at radius 1 is 0.506 bits per heavy atom. The molecule has 22 nitrogen and oxygen atoms in total. The summed E-state index contributed by atoms with van der Waals surface area (Å²) in [5.74, 6) is -10.3. The number of Topliss-reactive ketones (excluding diaryl/α,β-unsaturated/α-hetero) is 3. The summed E-state index contributed by atoms with van der Waals surface area (Å²) in [7, 11) is 10.2. The number of carbonyl (C=O) groups is 11. The van der Waals surface area contributed by atoms with Gasteiger partial charge in [-0.05, 0) is 80.5 Å². The van der Waals surface area contributed by atoms with Crippen LogP contribution in [-0.2, 0) is 52.7 Å². The molecule has 0 spiro atoms. The van der Waals surface area contributed by atoms with E-state index in [-0.39, 0.29) is 86.7 Å². The maximum Gasteiger partial charge on any atom is 0.246 e. The Morgan fingerprint density at radius 3 is 1.41 bits per heavy atom. The van der Waals surface area contributed by atoms with E-state index in [2.05, 4.69) is 15.6 Å². The van der Waals surface area contributed by atoms with Crippen LogP contribution in [-0.4, -0.2) is 227 Å². The second kappa shape index (κ2) is 34.8. The van der Waals surface area contributed by atoms with Crippen molar-refractivity contribution < 1.29 is 57.8 Å². The van der Waals surface area contributed by atoms with E-state index in [1.807, 2.05) is 55.4 Å². The third-order valence-electron chi connectivity index (χ3n) is 17.6. The van der Waals surface area contributed by atoms with Crippen LogP contribution in [0.15, 0.2) is 4.99 Å². The standard InChI is InChI=1S/C65H114N10O12/c1-24-45-33-53(78)57(58(80)42(14)32-54-66-25-26-67-54)75(23)65(87)56(41(12)13)74(22)64(86)50(30-39(8)9)73(21)63(85)49(29-38(6)7)72(20)60(82)44(16)68-59(81)43(15)31-51(76)48(28-37(4)5)71(19)62(84)46(40(10)11)34-52(77)47(27-36(2)3)70(18)55(79)35-69(17)61(45)83/h36-50,56-58,80H,24-35H2,1-23H3,(H,66,67)(H,68,81)/t42-,43-,44-,45-,46+,47+,48+,49+,50+,56+,57-,58-/m1/s1. The van der Waals surface area contributed by atoms with Crippen LogP contribution in [0.4, 0.5) is 0 Å². The maximum absolute atomic E-state index is 15.3. The lowest BCUT2D eigenvalue weighted by Crippen LogP contribution is -2.62. The molecule has 1 fully saturated rings. The van der Waals surface area contributed by atoms with Crippen molar-refractivity contribution in [2.45, 2.75) is 217 Å². The van der Waals surface area contributed by atoms with E-state index in [1.165, 1.54) is 85.7 Å². The van der Waals surface area contributed by atoms with Crippen LogP contribution >= 0.6 is 0 Å². The van der Waals surface area contributed by atoms with Gasteiger partial charge in [0, 0.05) is 99.3 Å². The Labute approximate surface area is 521 Å². The fraction of sp³-hybridized carbons (Fsp3) is 0.815. The quantitative estimate of drug-likeness (QED) is 0.196. The van der Waals surface area contributed by atoms with E-state index in [9.17, 15) is 38.7 Å². The van der Waals surface area contributed by atoms with Gasteiger partial charge in [-0.25, -0.2) is 0 Å². The van der Waals surface area contributed by atoms with Gasteiger partial charge in [0.1, 0.15) is 30.2 Å². The average Bonchev–Trinajstić information content (AvgIpc) is 2.08. The van der Waals surface area contributed by atoms with E-state index in [4.69, 9.17) is 0 Å². The third kappa shape index (κ3) is 21.5. The van der Waals surface area contributed by atoms with Gasteiger partial charge in [-0.3, -0.25) is 57.7 Å². The Balaban J connectivity index is 2.97. The van der Waals surface area contributed by atoms with Crippen LogP contribution in [0.2, 0.25) is 0 Å². The number of amides is 8. The molecule has 0 radical (unpaired) electrons. The molecule has 2 aliphatic rings. The minimum atomic E-state index is -1.53. The van der Waals surface area contributed by atoms with Crippen LogP contribution in [0.25, 0.3) is 0 Å². The number of aliphatic imine (C=N–C) groups is 1. The molecule has 0 saturated carbocycles. The third-order valence-corrected chi connectivity index (χ3v) is 17.6. The van der Waals surface area contributed by atoms with Crippen molar-refractivity contribution in [1.29, 1.82) is 0 Å². The van der Waals surface area contributed by atoms with E-state index < -0.39 is 150 Å². The lowest BCUT2D eigenvalue weighted by molar-refractivity contribution is -0.157. The van der Waals surface area contributed by atoms with Gasteiger partial charge in [0.15, 0.2) is 17.3 Å². The number of ketones is 3. The molecule has 0 unspecified atom stereocenters. The van der Waals surface area contributed by atoms with E-state index in [0.717, 1.165) is 4.90 Å². The summed E-state index contributed by atoms with van der Waals surface area (Å²) in [6.07, 6.45) is -1.27. The summed E-state index contributed by atoms with van der Waals surface area (Å²) in [6.45, 7) is 29.4. The van der Waals surface area contributed by atoms with Crippen LogP contribution in [0, 0.1) is 59.2 Å². The molecule has 0 aromatic carbocycles. The molecule has 0 bridgehead atoms. The Morgan fingerprint density at radius 2 is 0.954 bits per heavy atom. The zero-order chi connectivity index (χ0) is 67.0. The minimum Gasteiger partial charge on any atom is -0.390 e. The number of amidine groups is 1. The van der Waals surface area contributed by atoms with Crippen molar-refractivity contribution in [3.05, 3.63) is 0 Å². The summed E-state index contributed by atoms with van der Waals surface area (Å²) in [5.41, 5.74) is 0. The summed E-state index contributed by atoms with van der Waals surface area (Å²) in [4.78, 5) is 175. The smallest absolute Gasteiger partial charge is 0.246 e. The molecule has 2 aliphatic heterocycles. The van der Waals surface area contributed by atoms with Gasteiger partial charge in [0.2, 0.25) is 47.3 Å². The first kappa shape index (κ1) is 77.3. The number of hydrogen-bond acceptors (Lipinski definition) is 14. The lowest BCUT2D eigenvalue weighted by atomic mass is 9.84. The number of nitrogens with zero attached hydrogens (tertiary/aromatic N) is 8. The van der Waals surface area contributed by atoms with Crippen LogP contribution in [0.1, 0.15) is 169 Å². The summed E-state index contributed by atoms with van der Waals surface area (Å²) in [6, 6.07) is -8.18. The molecule has 12 atom stereocenters. The average molecular weight is 1230 g/mol. The number of rotatable bonds is 15.